The molecule has 0 aromatic heterocycles. The molecule has 1 fully saturated rings. The van der Waals surface area contributed by atoms with Gasteiger partial charge < -0.3 is 20.1 Å². The molecule has 0 radical (unpaired) electrons. The summed E-state index contributed by atoms with van der Waals surface area (Å²) in [6.45, 7) is 13.7. The van der Waals surface area contributed by atoms with Gasteiger partial charge in [0.15, 0.2) is 5.69 Å². The number of rotatable bonds is 6. The quantitative estimate of drug-likeness (QED) is 0.720. The van der Waals surface area contributed by atoms with Crippen molar-refractivity contribution >= 4 is 23.1 Å². The zero-order chi connectivity index (χ0) is 20.9. The van der Waals surface area contributed by atoms with Gasteiger partial charge in [0, 0.05) is 55.7 Å². The number of hydrogen-bond acceptors (Lipinski definition) is 5. The van der Waals surface area contributed by atoms with E-state index in [9.17, 15) is 5.11 Å². The highest BCUT2D eigenvalue weighted by Gasteiger charge is 2.20. The third-order valence-corrected chi connectivity index (χ3v) is 5.60. The predicted molar refractivity (Wildman–Crippen MR) is 121 cm³/mol. The molecule has 1 unspecified atom stereocenters. The van der Waals surface area contributed by atoms with Crippen molar-refractivity contribution in [2.45, 2.75) is 19.1 Å². The second-order valence-electron chi connectivity index (χ2n) is 7.92. The van der Waals surface area contributed by atoms with E-state index in [0.717, 1.165) is 48.9 Å². The molecule has 156 valence electrons. The van der Waals surface area contributed by atoms with E-state index < -0.39 is 6.10 Å². The summed E-state index contributed by atoms with van der Waals surface area (Å²) < 4.78 is 5.84. The Balaban J connectivity index is 1.22. The van der Waals surface area contributed by atoms with Crippen molar-refractivity contribution < 1.29 is 9.84 Å². The Labute approximate surface area is 178 Å². The van der Waals surface area contributed by atoms with Gasteiger partial charge in [0.1, 0.15) is 18.5 Å². The van der Waals surface area contributed by atoms with E-state index in [1.54, 1.807) is 0 Å². The lowest BCUT2D eigenvalue weighted by Gasteiger charge is -2.37. The highest BCUT2D eigenvalue weighted by Crippen LogP contribution is 2.27. The number of ether oxygens (including phenoxy) is 1. The van der Waals surface area contributed by atoms with Crippen LogP contribution in [0.3, 0.4) is 0 Å². The van der Waals surface area contributed by atoms with Crippen molar-refractivity contribution in [2.24, 2.45) is 0 Å². The van der Waals surface area contributed by atoms with Gasteiger partial charge in [-0.15, -0.1) is 0 Å². The highest BCUT2D eigenvalue weighted by molar-refractivity contribution is 5.72. The second kappa shape index (κ2) is 9.21. The Bertz CT molecular complexity index is 927. The monoisotopic (exact) mass is 404 g/mol. The molecule has 1 saturated heterocycles. The number of hydrogen-bond donors (Lipinski definition) is 2. The average Bonchev–Trinajstić information content (AvgIpc) is 2.78. The van der Waals surface area contributed by atoms with Crippen molar-refractivity contribution in [3.8, 4) is 5.75 Å². The van der Waals surface area contributed by atoms with Gasteiger partial charge in [-0.25, -0.2) is 4.85 Å². The number of aliphatic hydroxyl groups excluding tert-OH is 1. The Hall–Kier alpha value is -3.01. The fourth-order valence-corrected chi connectivity index (χ4v) is 3.91. The lowest BCUT2D eigenvalue weighted by Crippen LogP contribution is -2.49. The first kappa shape index (κ1) is 20.3. The average molecular weight is 405 g/mol. The largest absolute Gasteiger partial charge is 0.491 e. The summed E-state index contributed by atoms with van der Waals surface area (Å²) in [6.07, 6.45) is 3.70. The SMILES string of the molecule is [C-]#[N+]c1ccc(N2CCN(C[C@H](O)COc3ccc4c(c3)C=CC(C)N4)CC2)cc1. The number of benzene rings is 2. The van der Waals surface area contributed by atoms with Gasteiger partial charge in [-0.3, -0.25) is 4.90 Å². The van der Waals surface area contributed by atoms with Gasteiger partial charge in [0.05, 0.1) is 6.57 Å². The van der Waals surface area contributed by atoms with Crippen LogP contribution in [-0.2, 0) is 0 Å². The third-order valence-electron chi connectivity index (χ3n) is 5.60. The topological polar surface area (TPSA) is 52.3 Å². The maximum absolute atomic E-state index is 10.4. The minimum Gasteiger partial charge on any atom is -0.491 e. The number of aliphatic hydroxyl groups is 1. The Morgan fingerprint density at radius 1 is 1.17 bits per heavy atom. The van der Waals surface area contributed by atoms with E-state index in [2.05, 4.69) is 39.0 Å². The van der Waals surface area contributed by atoms with Crippen molar-refractivity contribution in [3.63, 3.8) is 0 Å². The van der Waals surface area contributed by atoms with Crippen molar-refractivity contribution in [2.75, 3.05) is 49.5 Å². The van der Waals surface area contributed by atoms with Crippen LogP contribution in [0.25, 0.3) is 10.9 Å². The first-order chi connectivity index (χ1) is 14.6. The van der Waals surface area contributed by atoms with E-state index in [1.807, 2.05) is 42.5 Å². The fraction of sp³-hybridized carbons (Fsp3) is 0.375. The number of fused-ring (bicyclic) bond motifs is 1. The summed E-state index contributed by atoms with van der Waals surface area (Å²) >= 11 is 0. The zero-order valence-corrected chi connectivity index (χ0v) is 17.3. The van der Waals surface area contributed by atoms with Gasteiger partial charge in [-0.05, 0) is 37.3 Å². The minimum absolute atomic E-state index is 0.282. The number of nitrogens with zero attached hydrogens (tertiary/aromatic N) is 3. The summed E-state index contributed by atoms with van der Waals surface area (Å²) in [5.74, 6) is 0.779. The van der Waals surface area contributed by atoms with Crippen LogP contribution in [0.2, 0.25) is 0 Å². The van der Waals surface area contributed by atoms with E-state index in [1.165, 1.54) is 0 Å². The van der Waals surface area contributed by atoms with Crippen LogP contribution in [0.15, 0.2) is 48.5 Å². The standard InChI is InChI=1S/C24H28N4O2/c1-18-3-4-19-15-23(9-10-24(19)26-18)30-17-22(29)16-27-11-13-28(14-12-27)21-7-5-20(25-2)6-8-21/h3-10,15,18,22,26,29H,11-14,16-17H2,1H3/t18?,22-/m0/s1. The van der Waals surface area contributed by atoms with E-state index in [-0.39, 0.29) is 6.61 Å². The molecule has 2 heterocycles. The van der Waals surface area contributed by atoms with E-state index in [4.69, 9.17) is 11.3 Å². The number of β-amino-alcohol motifs (C(OH)–C–C–N with tert-alkyl or cyclic N) is 1. The van der Waals surface area contributed by atoms with Crippen LogP contribution in [0.1, 0.15) is 12.5 Å². The molecule has 4 rings (SSSR count). The molecule has 30 heavy (non-hydrogen) atoms. The summed E-state index contributed by atoms with van der Waals surface area (Å²) in [5, 5.41) is 13.9. The number of piperazine rings is 1. The van der Waals surface area contributed by atoms with Gasteiger partial charge in [-0.1, -0.05) is 24.3 Å². The molecule has 0 aliphatic carbocycles. The smallest absolute Gasteiger partial charge is 0.187 e. The van der Waals surface area contributed by atoms with Crippen molar-refractivity contribution in [1.29, 1.82) is 0 Å². The number of anilines is 2. The summed E-state index contributed by atoms with van der Waals surface area (Å²) in [7, 11) is 0. The van der Waals surface area contributed by atoms with Crippen LogP contribution in [0.4, 0.5) is 17.1 Å². The summed E-state index contributed by atoms with van der Waals surface area (Å²) in [5.41, 5.74) is 4.04. The highest BCUT2D eigenvalue weighted by atomic mass is 16.5. The molecule has 0 bridgehead atoms. The molecule has 2 aromatic carbocycles. The lowest BCUT2D eigenvalue weighted by molar-refractivity contribution is 0.0663. The lowest BCUT2D eigenvalue weighted by atomic mass is 10.1. The van der Waals surface area contributed by atoms with Crippen LogP contribution in [0.5, 0.6) is 5.75 Å². The zero-order valence-electron chi connectivity index (χ0n) is 17.3. The van der Waals surface area contributed by atoms with Crippen LogP contribution < -0.4 is 15.0 Å². The molecule has 0 amide bonds. The molecule has 2 N–H and O–H groups in total. The van der Waals surface area contributed by atoms with Gasteiger partial charge in [-0.2, -0.15) is 0 Å². The molecule has 2 atom stereocenters. The second-order valence-corrected chi connectivity index (χ2v) is 7.92. The van der Waals surface area contributed by atoms with Gasteiger partial charge >= 0.3 is 0 Å². The first-order valence-electron chi connectivity index (χ1n) is 10.5. The third kappa shape index (κ3) is 4.93. The van der Waals surface area contributed by atoms with Gasteiger partial charge in [0.2, 0.25) is 0 Å². The Morgan fingerprint density at radius 2 is 1.93 bits per heavy atom. The summed E-state index contributed by atoms with van der Waals surface area (Å²) in [6, 6.07) is 14.1. The molecule has 2 aromatic rings. The molecule has 2 aliphatic rings. The van der Waals surface area contributed by atoms with Crippen LogP contribution in [-0.4, -0.2) is 61.5 Å². The van der Waals surface area contributed by atoms with E-state index in [0.29, 0.717) is 18.3 Å². The first-order valence-corrected chi connectivity index (χ1v) is 10.5. The van der Waals surface area contributed by atoms with Crippen molar-refractivity contribution in [3.05, 3.63) is 65.5 Å². The maximum Gasteiger partial charge on any atom is 0.187 e. The molecule has 2 aliphatic heterocycles. The molecular formula is C24H28N4O2. The Morgan fingerprint density at radius 3 is 2.67 bits per heavy atom. The summed E-state index contributed by atoms with van der Waals surface area (Å²) in [4.78, 5) is 8.04. The maximum atomic E-state index is 10.4. The number of nitrogens with one attached hydrogen (secondary N) is 1. The van der Waals surface area contributed by atoms with Crippen LogP contribution >= 0.6 is 0 Å². The van der Waals surface area contributed by atoms with Crippen LogP contribution in [0, 0.1) is 6.57 Å². The van der Waals surface area contributed by atoms with Gasteiger partial charge in [0.25, 0.3) is 0 Å². The predicted octanol–water partition coefficient (Wildman–Crippen LogP) is 3.63. The molecular weight excluding hydrogens is 376 g/mol. The molecule has 0 spiro atoms. The van der Waals surface area contributed by atoms with E-state index >= 15 is 0 Å². The van der Waals surface area contributed by atoms with Crippen molar-refractivity contribution in [1.82, 2.24) is 4.90 Å². The molecule has 6 heteroatoms. The minimum atomic E-state index is -0.528. The molecule has 6 nitrogen and oxygen atoms in total. The molecule has 0 saturated carbocycles. The fourth-order valence-electron chi connectivity index (χ4n) is 3.91. The normalized spacial score (nSPS) is 19.5. The Kier molecular flexibility index (Phi) is 6.22.